The Hall–Kier alpha value is -0.860. The Morgan fingerprint density at radius 3 is 2.60 bits per heavy atom. The predicted molar refractivity (Wildman–Crippen MR) is 59.7 cm³/mol. The van der Waals surface area contributed by atoms with Crippen LogP contribution in [-0.2, 0) is 9.47 Å². The van der Waals surface area contributed by atoms with E-state index in [1.807, 2.05) is 18.2 Å². The van der Waals surface area contributed by atoms with Crippen LogP contribution in [0.2, 0.25) is 0 Å². The van der Waals surface area contributed by atoms with Crippen LogP contribution < -0.4 is 0 Å². The zero-order chi connectivity index (χ0) is 10.5. The number of methoxy groups -OCH3 is 1. The van der Waals surface area contributed by atoms with Gasteiger partial charge in [-0.25, -0.2) is 0 Å². The molecule has 1 aliphatic rings. The van der Waals surface area contributed by atoms with Crippen molar-refractivity contribution in [3.05, 3.63) is 35.9 Å². The maximum atomic E-state index is 5.87. The highest BCUT2D eigenvalue weighted by Crippen LogP contribution is 2.31. The summed E-state index contributed by atoms with van der Waals surface area (Å²) in [6.07, 6.45) is 2.75. The summed E-state index contributed by atoms with van der Waals surface area (Å²) < 4.78 is 11.1. The van der Waals surface area contributed by atoms with Gasteiger partial charge in [0.25, 0.3) is 0 Å². The van der Waals surface area contributed by atoms with Crippen LogP contribution in [0, 0.1) is 5.92 Å². The summed E-state index contributed by atoms with van der Waals surface area (Å²) in [4.78, 5) is 0. The first-order valence-corrected chi connectivity index (χ1v) is 5.55. The van der Waals surface area contributed by atoms with Crippen molar-refractivity contribution in [3.8, 4) is 0 Å². The third-order valence-corrected chi connectivity index (χ3v) is 2.72. The smallest absolute Gasteiger partial charge is 0.106 e. The van der Waals surface area contributed by atoms with E-state index in [-0.39, 0.29) is 6.10 Å². The lowest BCUT2D eigenvalue weighted by molar-refractivity contribution is -0.00801. The number of rotatable bonds is 6. The van der Waals surface area contributed by atoms with Gasteiger partial charge in [-0.05, 0) is 24.3 Å². The van der Waals surface area contributed by atoms with E-state index in [9.17, 15) is 0 Å². The minimum Gasteiger partial charge on any atom is -0.382 e. The second-order valence-corrected chi connectivity index (χ2v) is 4.13. The van der Waals surface area contributed by atoms with Crippen molar-refractivity contribution < 1.29 is 9.47 Å². The van der Waals surface area contributed by atoms with Crippen LogP contribution in [0.3, 0.4) is 0 Å². The van der Waals surface area contributed by atoms with Gasteiger partial charge >= 0.3 is 0 Å². The van der Waals surface area contributed by atoms with E-state index in [0.29, 0.717) is 6.61 Å². The van der Waals surface area contributed by atoms with E-state index in [0.717, 1.165) is 12.5 Å². The van der Waals surface area contributed by atoms with Gasteiger partial charge in [-0.3, -0.25) is 0 Å². The highest BCUT2D eigenvalue weighted by molar-refractivity contribution is 5.17. The molecule has 15 heavy (non-hydrogen) atoms. The molecule has 0 saturated heterocycles. The van der Waals surface area contributed by atoms with Crippen molar-refractivity contribution in [3.63, 3.8) is 0 Å². The van der Waals surface area contributed by atoms with E-state index in [4.69, 9.17) is 9.47 Å². The first kappa shape index (κ1) is 10.7. The molecule has 0 heterocycles. The maximum absolute atomic E-state index is 5.87. The van der Waals surface area contributed by atoms with Crippen LogP contribution in [0.4, 0.5) is 0 Å². The van der Waals surface area contributed by atoms with Crippen molar-refractivity contribution in [2.45, 2.75) is 18.9 Å². The zero-order valence-corrected chi connectivity index (χ0v) is 9.19. The quantitative estimate of drug-likeness (QED) is 0.712. The maximum Gasteiger partial charge on any atom is 0.106 e. The van der Waals surface area contributed by atoms with E-state index in [2.05, 4.69) is 12.1 Å². The molecule has 0 spiro atoms. The third kappa shape index (κ3) is 3.33. The molecule has 0 bridgehead atoms. The van der Waals surface area contributed by atoms with Gasteiger partial charge in [-0.15, -0.1) is 0 Å². The Morgan fingerprint density at radius 1 is 1.27 bits per heavy atom. The molecule has 1 aliphatic carbocycles. The summed E-state index contributed by atoms with van der Waals surface area (Å²) in [7, 11) is 1.72. The summed E-state index contributed by atoms with van der Waals surface area (Å²) in [6.45, 7) is 1.51. The molecule has 2 rings (SSSR count). The SMILES string of the molecule is COCC(OCC1CC1)c1ccccc1. The van der Waals surface area contributed by atoms with Gasteiger partial charge in [-0.1, -0.05) is 30.3 Å². The van der Waals surface area contributed by atoms with E-state index < -0.39 is 0 Å². The van der Waals surface area contributed by atoms with Gasteiger partial charge in [0, 0.05) is 7.11 Å². The first-order valence-electron chi connectivity index (χ1n) is 5.55. The Morgan fingerprint density at radius 2 is 2.00 bits per heavy atom. The highest BCUT2D eigenvalue weighted by atomic mass is 16.5. The van der Waals surface area contributed by atoms with Crippen LogP contribution in [0.5, 0.6) is 0 Å². The molecule has 82 valence electrons. The molecule has 0 aliphatic heterocycles. The van der Waals surface area contributed by atoms with Crippen LogP contribution in [-0.4, -0.2) is 20.3 Å². The standard InChI is InChI=1S/C13H18O2/c1-14-10-13(15-9-11-7-8-11)12-5-3-2-4-6-12/h2-6,11,13H,7-10H2,1H3. The topological polar surface area (TPSA) is 18.5 Å². The first-order chi connectivity index (χ1) is 7.40. The van der Waals surface area contributed by atoms with Gasteiger partial charge in [0.15, 0.2) is 0 Å². The lowest BCUT2D eigenvalue weighted by Crippen LogP contribution is -2.12. The van der Waals surface area contributed by atoms with E-state index in [1.54, 1.807) is 7.11 Å². The molecular weight excluding hydrogens is 188 g/mol. The average Bonchev–Trinajstić information content (AvgIpc) is 3.09. The second kappa shape index (κ2) is 5.29. The minimum absolute atomic E-state index is 0.0943. The fourth-order valence-electron chi connectivity index (χ4n) is 1.60. The molecule has 1 fully saturated rings. The molecule has 0 N–H and O–H groups in total. The third-order valence-electron chi connectivity index (χ3n) is 2.72. The number of ether oxygens (including phenoxy) is 2. The second-order valence-electron chi connectivity index (χ2n) is 4.13. The molecular formula is C13H18O2. The predicted octanol–water partition coefficient (Wildman–Crippen LogP) is 2.80. The molecule has 0 radical (unpaired) electrons. The number of benzene rings is 1. The molecule has 1 saturated carbocycles. The van der Waals surface area contributed by atoms with Crippen LogP contribution in [0.15, 0.2) is 30.3 Å². The van der Waals surface area contributed by atoms with Gasteiger partial charge < -0.3 is 9.47 Å². The number of hydrogen-bond acceptors (Lipinski definition) is 2. The monoisotopic (exact) mass is 206 g/mol. The van der Waals surface area contributed by atoms with Crippen LogP contribution in [0.25, 0.3) is 0 Å². The van der Waals surface area contributed by atoms with Crippen molar-refractivity contribution in [2.24, 2.45) is 5.92 Å². The summed E-state index contributed by atoms with van der Waals surface area (Å²) >= 11 is 0. The lowest BCUT2D eigenvalue weighted by atomic mass is 10.1. The van der Waals surface area contributed by atoms with Crippen molar-refractivity contribution in [2.75, 3.05) is 20.3 Å². The Labute approximate surface area is 91.2 Å². The normalized spacial score (nSPS) is 17.7. The Kier molecular flexibility index (Phi) is 3.75. The van der Waals surface area contributed by atoms with Gasteiger partial charge in [0.1, 0.15) is 6.10 Å². The molecule has 1 aromatic carbocycles. The Bertz CT molecular complexity index is 280. The Balaban J connectivity index is 1.91. The summed E-state index contributed by atoms with van der Waals surface area (Å²) in [5.74, 6) is 0.799. The van der Waals surface area contributed by atoms with E-state index >= 15 is 0 Å². The largest absolute Gasteiger partial charge is 0.382 e. The lowest BCUT2D eigenvalue weighted by Gasteiger charge is -2.17. The van der Waals surface area contributed by atoms with Crippen molar-refractivity contribution in [1.29, 1.82) is 0 Å². The fraction of sp³-hybridized carbons (Fsp3) is 0.538. The summed E-state index contributed by atoms with van der Waals surface area (Å²) in [6, 6.07) is 10.3. The zero-order valence-electron chi connectivity index (χ0n) is 9.19. The van der Waals surface area contributed by atoms with Gasteiger partial charge in [0.2, 0.25) is 0 Å². The van der Waals surface area contributed by atoms with Crippen LogP contribution >= 0.6 is 0 Å². The average molecular weight is 206 g/mol. The minimum atomic E-state index is 0.0943. The fourth-order valence-corrected chi connectivity index (χ4v) is 1.60. The molecule has 2 nitrogen and oxygen atoms in total. The van der Waals surface area contributed by atoms with Gasteiger partial charge in [-0.2, -0.15) is 0 Å². The number of hydrogen-bond donors (Lipinski definition) is 0. The summed E-state index contributed by atoms with van der Waals surface area (Å²) in [5.41, 5.74) is 1.21. The molecule has 0 amide bonds. The van der Waals surface area contributed by atoms with Crippen molar-refractivity contribution >= 4 is 0 Å². The molecule has 0 aromatic heterocycles. The van der Waals surface area contributed by atoms with Gasteiger partial charge in [0.05, 0.1) is 13.2 Å². The van der Waals surface area contributed by atoms with Crippen LogP contribution in [0.1, 0.15) is 24.5 Å². The molecule has 1 unspecified atom stereocenters. The summed E-state index contributed by atoms with van der Waals surface area (Å²) in [5, 5.41) is 0. The molecule has 1 atom stereocenters. The molecule has 2 heteroatoms. The van der Waals surface area contributed by atoms with Crippen molar-refractivity contribution in [1.82, 2.24) is 0 Å². The molecule has 1 aromatic rings. The highest BCUT2D eigenvalue weighted by Gasteiger charge is 2.23. The van der Waals surface area contributed by atoms with E-state index in [1.165, 1.54) is 18.4 Å².